The predicted octanol–water partition coefficient (Wildman–Crippen LogP) is 4.00. The van der Waals surface area contributed by atoms with E-state index < -0.39 is 5.54 Å². The average Bonchev–Trinajstić information content (AvgIpc) is 2.67. The van der Waals surface area contributed by atoms with Crippen molar-refractivity contribution in [3.05, 3.63) is 40.1 Å². The topological polar surface area (TPSA) is 49.3 Å². The molecule has 0 bridgehead atoms. The molecule has 1 spiro atoms. The van der Waals surface area contributed by atoms with Gasteiger partial charge < -0.3 is 10.4 Å². The van der Waals surface area contributed by atoms with Gasteiger partial charge in [-0.25, -0.2) is 0 Å². The quantitative estimate of drug-likeness (QED) is 0.824. The zero-order valence-corrected chi connectivity index (χ0v) is 13.1. The van der Waals surface area contributed by atoms with Crippen LogP contribution in [-0.4, -0.2) is 16.6 Å². The largest absolute Gasteiger partial charge is 0.509 e. The molecule has 2 atom stereocenters. The molecule has 21 heavy (non-hydrogen) atoms. The summed E-state index contributed by atoms with van der Waals surface area (Å²) >= 11 is 6.28. The fourth-order valence-corrected chi connectivity index (χ4v) is 3.94. The van der Waals surface area contributed by atoms with Crippen LogP contribution in [0.4, 0.5) is 0 Å². The van der Waals surface area contributed by atoms with Gasteiger partial charge in [0.05, 0.1) is 5.57 Å². The molecule has 112 valence electrons. The van der Waals surface area contributed by atoms with Gasteiger partial charge in [-0.3, -0.25) is 4.79 Å². The first-order valence-electron chi connectivity index (χ1n) is 7.48. The second kappa shape index (κ2) is 5.06. The van der Waals surface area contributed by atoms with Gasteiger partial charge in [-0.1, -0.05) is 43.5 Å². The van der Waals surface area contributed by atoms with Crippen molar-refractivity contribution in [1.29, 1.82) is 0 Å². The van der Waals surface area contributed by atoms with E-state index in [1.54, 1.807) is 0 Å². The number of aliphatic hydroxyl groups excluding tert-OH is 1. The lowest BCUT2D eigenvalue weighted by Crippen LogP contribution is -2.51. The zero-order chi connectivity index (χ0) is 15.2. The number of aryl methyl sites for hydroxylation is 1. The van der Waals surface area contributed by atoms with E-state index >= 15 is 0 Å². The molecule has 2 unspecified atom stereocenters. The zero-order valence-electron chi connectivity index (χ0n) is 12.4. The molecule has 0 aromatic heterocycles. The van der Waals surface area contributed by atoms with Gasteiger partial charge in [0.25, 0.3) is 5.91 Å². The number of aliphatic hydroxyl groups is 1. The summed E-state index contributed by atoms with van der Waals surface area (Å²) in [4.78, 5) is 12.5. The molecule has 1 heterocycles. The van der Waals surface area contributed by atoms with Crippen LogP contribution in [0.15, 0.2) is 24.0 Å². The Balaban J connectivity index is 2.12. The smallest absolute Gasteiger partial charge is 0.256 e. The van der Waals surface area contributed by atoms with Gasteiger partial charge in [0.2, 0.25) is 0 Å². The van der Waals surface area contributed by atoms with Crippen molar-refractivity contribution in [3.63, 3.8) is 0 Å². The first kappa shape index (κ1) is 14.5. The van der Waals surface area contributed by atoms with E-state index in [4.69, 9.17) is 11.6 Å². The number of amides is 1. The van der Waals surface area contributed by atoms with Crippen LogP contribution in [0.25, 0.3) is 5.57 Å². The Morgan fingerprint density at radius 2 is 2.14 bits per heavy atom. The lowest BCUT2D eigenvalue weighted by atomic mass is 9.73. The molecule has 3 nitrogen and oxygen atoms in total. The van der Waals surface area contributed by atoms with Crippen LogP contribution in [0.1, 0.15) is 43.7 Å². The third-order valence-electron chi connectivity index (χ3n) is 4.92. The van der Waals surface area contributed by atoms with Gasteiger partial charge in [-0.15, -0.1) is 0 Å². The summed E-state index contributed by atoms with van der Waals surface area (Å²) < 4.78 is 0. The number of benzene rings is 1. The van der Waals surface area contributed by atoms with E-state index in [1.165, 1.54) is 0 Å². The number of hydrogen-bond donors (Lipinski definition) is 2. The van der Waals surface area contributed by atoms with Gasteiger partial charge >= 0.3 is 0 Å². The summed E-state index contributed by atoms with van der Waals surface area (Å²) in [5.41, 5.74) is 1.39. The van der Waals surface area contributed by atoms with E-state index in [1.807, 2.05) is 25.1 Å². The molecule has 1 aromatic rings. The molecule has 0 saturated heterocycles. The van der Waals surface area contributed by atoms with Crippen LogP contribution < -0.4 is 5.32 Å². The number of halogens is 1. The molecule has 3 rings (SSSR count). The lowest BCUT2D eigenvalue weighted by molar-refractivity contribution is -0.117. The van der Waals surface area contributed by atoms with Crippen molar-refractivity contribution in [2.75, 3.05) is 0 Å². The molecule has 4 heteroatoms. The SMILES string of the molecule is Cc1ccc(C2=C(O)C3(CCCCC3C)NC2=O)c(Cl)c1. The van der Waals surface area contributed by atoms with E-state index in [2.05, 4.69) is 12.2 Å². The second-order valence-corrected chi connectivity index (χ2v) is 6.69. The van der Waals surface area contributed by atoms with E-state index in [0.717, 1.165) is 31.2 Å². The predicted molar refractivity (Wildman–Crippen MR) is 84.2 cm³/mol. The van der Waals surface area contributed by atoms with Crippen LogP contribution in [0.2, 0.25) is 5.02 Å². The van der Waals surface area contributed by atoms with Crippen molar-refractivity contribution in [2.24, 2.45) is 5.92 Å². The Morgan fingerprint density at radius 3 is 2.81 bits per heavy atom. The van der Waals surface area contributed by atoms with Crippen LogP contribution in [-0.2, 0) is 4.79 Å². The Hall–Kier alpha value is -1.48. The maximum atomic E-state index is 12.5. The molecule has 0 radical (unpaired) electrons. The standard InChI is InChI=1S/C17H20ClNO2/c1-10-6-7-12(13(18)9-10)14-15(20)17(19-16(14)21)8-4-3-5-11(17)2/h6-7,9,11,20H,3-5,8H2,1-2H3,(H,19,21). The van der Waals surface area contributed by atoms with Crippen molar-refractivity contribution in [3.8, 4) is 0 Å². The first-order valence-corrected chi connectivity index (χ1v) is 7.86. The van der Waals surface area contributed by atoms with Gasteiger partial charge in [0.15, 0.2) is 0 Å². The highest BCUT2D eigenvalue weighted by atomic mass is 35.5. The minimum Gasteiger partial charge on any atom is -0.509 e. The Labute approximate surface area is 130 Å². The minimum atomic E-state index is -0.598. The molecule has 1 aliphatic carbocycles. The van der Waals surface area contributed by atoms with Gasteiger partial charge in [0, 0.05) is 10.6 Å². The Bertz CT molecular complexity index is 638. The summed E-state index contributed by atoms with van der Waals surface area (Å²) in [5.74, 6) is 0.189. The summed E-state index contributed by atoms with van der Waals surface area (Å²) in [6.07, 6.45) is 3.97. The number of nitrogens with one attached hydrogen (secondary N) is 1. The van der Waals surface area contributed by atoms with E-state index in [-0.39, 0.29) is 17.6 Å². The van der Waals surface area contributed by atoms with Crippen LogP contribution >= 0.6 is 11.6 Å². The van der Waals surface area contributed by atoms with Crippen molar-refractivity contribution in [2.45, 2.75) is 45.1 Å². The molecule has 2 N–H and O–H groups in total. The summed E-state index contributed by atoms with van der Waals surface area (Å²) in [5, 5.41) is 14.3. The van der Waals surface area contributed by atoms with Crippen LogP contribution in [0.3, 0.4) is 0 Å². The van der Waals surface area contributed by atoms with E-state index in [9.17, 15) is 9.90 Å². The summed E-state index contributed by atoms with van der Waals surface area (Å²) in [6.45, 7) is 4.04. The fraction of sp³-hybridized carbons (Fsp3) is 0.471. The fourth-order valence-electron chi connectivity index (χ4n) is 3.61. The maximum Gasteiger partial charge on any atom is 0.256 e. The lowest BCUT2D eigenvalue weighted by Gasteiger charge is -2.39. The normalized spacial score (nSPS) is 29.1. The summed E-state index contributed by atoms with van der Waals surface area (Å²) in [6, 6.07) is 5.54. The van der Waals surface area contributed by atoms with Crippen LogP contribution in [0.5, 0.6) is 0 Å². The van der Waals surface area contributed by atoms with Gasteiger partial charge in [-0.2, -0.15) is 0 Å². The van der Waals surface area contributed by atoms with Gasteiger partial charge in [0.1, 0.15) is 11.3 Å². The monoisotopic (exact) mass is 305 g/mol. The molecule has 2 aliphatic rings. The number of hydrogen-bond acceptors (Lipinski definition) is 2. The maximum absolute atomic E-state index is 12.5. The average molecular weight is 306 g/mol. The second-order valence-electron chi connectivity index (χ2n) is 6.28. The molecular weight excluding hydrogens is 286 g/mol. The van der Waals surface area contributed by atoms with E-state index in [0.29, 0.717) is 16.2 Å². The third kappa shape index (κ3) is 2.15. The number of rotatable bonds is 1. The van der Waals surface area contributed by atoms with Crippen molar-refractivity contribution >= 4 is 23.1 Å². The van der Waals surface area contributed by atoms with Gasteiger partial charge in [-0.05, 0) is 37.3 Å². The highest BCUT2D eigenvalue weighted by Gasteiger charge is 2.50. The third-order valence-corrected chi connectivity index (χ3v) is 5.23. The van der Waals surface area contributed by atoms with Crippen LogP contribution in [0, 0.1) is 12.8 Å². The Morgan fingerprint density at radius 1 is 1.38 bits per heavy atom. The molecule has 1 aromatic carbocycles. The highest BCUT2D eigenvalue weighted by molar-refractivity contribution is 6.35. The molecule has 1 amide bonds. The molecule has 1 aliphatic heterocycles. The Kier molecular flexibility index (Phi) is 3.48. The highest BCUT2D eigenvalue weighted by Crippen LogP contribution is 2.45. The number of carbonyl (C=O) groups excluding carboxylic acids is 1. The molecule has 1 fully saturated rings. The first-order chi connectivity index (χ1) is 9.95. The van der Waals surface area contributed by atoms with Crippen molar-refractivity contribution < 1.29 is 9.90 Å². The number of carbonyl (C=O) groups is 1. The van der Waals surface area contributed by atoms with Crippen molar-refractivity contribution in [1.82, 2.24) is 5.32 Å². The minimum absolute atomic E-state index is 0.172. The molecule has 1 saturated carbocycles. The summed E-state index contributed by atoms with van der Waals surface area (Å²) in [7, 11) is 0. The molecular formula is C17H20ClNO2.